The summed E-state index contributed by atoms with van der Waals surface area (Å²) >= 11 is 7.40. The fraction of sp³-hybridized carbons (Fsp3) is 0.429. The zero-order valence-electron chi connectivity index (χ0n) is 6.25. The lowest BCUT2D eigenvalue weighted by Gasteiger charge is -2.13. The molecule has 0 aliphatic heterocycles. The quantitative estimate of drug-likeness (QED) is 0.747. The Hall–Kier alpha value is -0.0900. The van der Waals surface area contributed by atoms with Crippen LogP contribution >= 0.6 is 22.9 Å². The van der Waals surface area contributed by atoms with Crippen molar-refractivity contribution < 1.29 is 0 Å². The Morgan fingerprint density at radius 3 is 2.55 bits per heavy atom. The van der Waals surface area contributed by atoms with Gasteiger partial charge in [-0.1, -0.05) is 11.6 Å². The van der Waals surface area contributed by atoms with Crippen molar-refractivity contribution in [3.05, 3.63) is 21.3 Å². The Bertz CT molecular complexity index is 234. The third-order valence-corrected chi connectivity index (χ3v) is 2.97. The van der Waals surface area contributed by atoms with Crippen LogP contribution in [0.4, 0.5) is 0 Å². The molecule has 0 aliphatic rings. The van der Waals surface area contributed by atoms with E-state index in [0.717, 1.165) is 9.90 Å². The van der Waals surface area contributed by atoms with Crippen LogP contribution in [-0.4, -0.2) is 6.04 Å². The fourth-order valence-corrected chi connectivity index (χ4v) is 2.08. The molecule has 1 heterocycles. The highest BCUT2D eigenvalue weighted by Gasteiger charge is 2.14. The van der Waals surface area contributed by atoms with Crippen LogP contribution in [0.2, 0.25) is 5.02 Å². The van der Waals surface area contributed by atoms with Crippen molar-refractivity contribution in [1.29, 1.82) is 0 Å². The highest BCUT2D eigenvalue weighted by atomic mass is 35.5. The molecule has 0 saturated heterocycles. The number of halogens is 1. The molecule has 0 unspecified atom stereocenters. The van der Waals surface area contributed by atoms with Crippen LogP contribution in [0.15, 0.2) is 11.4 Å². The number of hydrogen-bond acceptors (Lipinski definition) is 3. The third kappa shape index (κ3) is 1.93. The number of hydrogen-bond donors (Lipinski definition) is 2. The molecular weight excluding hydrogens is 180 g/mol. The monoisotopic (exact) mass is 190 g/mol. The maximum absolute atomic E-state index is 5.85. The van der Waals surface area contributed by atoms with E-state index in [4.69, 9.17) is 23.1 Å². The van der Waals surface area contributed by atoms with E-state index in [0.29, 0.717) is 0 Å². The van der Waals surface area contributed by atoms with Gasteiger partial charge in [-0.25, -0.2) is 0 Å². The molecule has 4 heteroatoms. The smallest absolute Gasteiger partial charge is 0.0561 e. The predicted molar refractivity (Wildman–Crippen MR) is 49.9 cm³/mol. The normalized spacial score (nSPS) is 16.4. The maximum Gasteiger partial charge on any atom is 0.0561 e. The lowest BCUT2D eigenvalue weighted by atomic mass is 10.1. The molecule has 0 spiro atoms. The average Bonchev–Trinajstić information content (AvgIpc) is 2.33. The molecule has 0 aliphatic carbocycles. The summed E-state index contributed by atoms with van der Waals surface area (Å²) in [5.41, 5.74) is 11.4. The van der Waals surface area contributed by atoms with Crippen LogP contribution in [0, 0.1) is 0 Å². The SMILES string of the molecule is C[C@H](N)[C@@H](N)c1sccc1Cl. The minimum atomic E-state index is -0.137. The van der Waals surface area contributed by atoms with Crippen molar-refractivity contribution in [2.75, 3.05) is 0 Å². The number of nitrogens with two attached hydrogens (primary N) is 2. The van der Waals surface area contributed by atoms with Gasteiger partial charge in [0.2, 0.25) is 0 Å². The summed E-state index contributed by atoms with van der Waals surface area (Å²) in [7, 11) is 0. The van der Waals surface area contributed by atoms with Gasteiger partial charge in [0.1, 0.15) is 0 Å². The zero-order valence-corrected chi connectivity index (χ0v) is 7.82. The first-order chi connectivity index (χ1) is 5.13. The van der Waals surface area contributed by atoms with Gasteiger partial charge in [0.05, 0.1) is 11.1 Å². The fourth-order valence-electron chi connectivity index (χ4n) is 0.782. The van der Waals surface area contributed by atoms with E-state index in [1.807, 2.05) is 18.4 Å². The Morgan fingerprint density at radius 1 is 1.55 bits per heavy atom. The second-order valence-electron chi connectivity index (χ2n) is 2.52. The van der Waals surface area contributed by atoms with E-state index in [-0.39, 0.29) is 12.1 Å². The van der Waals surface area contributed by atoms with E-state index in [1.165, 1.54) is 0 Å². The standard InChI is InChI=1S/C7H11ClN2S/c1-4(9)6(10)7-5(8)2-3-11-7/h2-4,6H,9-10H2,1H3/t4-,6+/m0/s1. The number of rotatable bonds is 2. The van der Waals surface area contributed by atoms with E-state index in [9.17, 15) is 0 Å². The largest absolute Gasteiger partial charge is 0.326 e. The summed E-state index contributed by atoms with van der Waals surface area (Å²) in [4.78, 5) is 0.974. The van der Waals surface area contributed by atoms with Gasteiger partial charge >= 0.3 is 0 Å². The van der Waals surface area contributed by atoms with Gasteiger partial charge in [-0.3, -0.25) is 0 Å². The van der Waals surface area contributed by atoms with Crippen molar-refractivity contribution >= 4 is 22.9 Å². The topological polar surface area (TPSA) is 52.0 Å². The third-order valence-electron chi connectivity index (χ3n) is 1.51. The molecule has 62 valence electrons. The lowest BCUT2D eigenvalue weighted by molar-refractivity contribution is 0.598. The number of thiophene rings is 1. The molecule has 0 amide bonds. The molecule has 2 nitrogen and oxygen atoms in total. The van der Waals surface area contributed by atoms with Gasteiger partial charge in [-0.15, -0.1) is 11.3 Å². The first-order valence-corrected chi connectivity index (χ1v) is 4.62. The van der Waals surface area contributed by atoms with Crippen molar-refractivity contribution in [2.45, 2.75) is 19.0 Å². The Labute approximate surface area is 75.1 Å². The second-order valence-corrected chi connectivity index (χ2v) is 3.87. The Balaban J connectivity index is 2.84. The second kappa shape index (κ2) is 3.54. The van der Waals surface area contributed by atoms with E-state index in [1.54, 1.807) is 11.3 Å². The molecule has 1 aromatic heterocycles. The zero-order chi connectivity index (χ0) is 8.43. The summed E-state index contributed by atoms with van der Waals surface area (Å²) < 4.78 is 0. The predicted octanol–water partition coefficient (Wildman–Crippen LogP) is 1.75. The molecule has 1 rings (SSSR count). The average molecular weight is 191 g/mol. The lowest BCUT2D eigenvalue weighted by Crippen LogP contribution is -2.30. The molecule has 1 aromatic rings. The highest BCUT2D eigenvalue weighted by molar-refractivity contribution is 7.10. The maximum atomic E-state index is 5.85. The Kier molecular flexibility index (Phi) is 2.90. The first kappa shape index (κ1) is 9.00. The van der Waals surface area contributed by atoms with E-state index in [2.05, 4.69) is 0 Å². The molecular formula is C7H11ClN2S. The highest BCUT2D eigenvalue weighted by Crippen LogP contribution is 2.28. The summed E-state index contributed by atoms with van der Waals surface area (Å²) in [6.07, 6.45) is 0. The van der Waals surface area contributed by atoms with Crippen LogP contribution in [-0.2, 0) is 0 Å². The van der Waals surface area contributed by atoms with Gasteiger partial charge < -0.3 is 11.5 Å². The van der Waals surface area contributed by atoms with E-state index < -0.39 is 0 Å². The van der Waals surface area contributed by atoms with Crippen LogP contribution in [0.5, 0.6) is 0 Å². The van der Waals surface area contributed by atoms with Crippen molar-refractivity contribution in [1.82, 2.24) is 0 Å². The molecule has 11 heavy (non-hydrogen) atoms. The van der Waals surface area contributed by atoms with Crippen molar-refractivity contribution in [3.8, 4) is 0 Å². The summed E-state index contributed by atoms with van der Waals surface area (Å²) in [6, 6.07) is 1.65. The summed E-state index contributed by atoms with van der Waals surface area (Å²) in [5, 5.41) is 2.64. The molecule has 0 saturated carbocycles. The van der Waals surface area contributed by atoms with Gasteiger partial charge in [0, 0.05) is 10.9 Å². The summed E-state index contributed by atoms with van der Waals surface area (Å²) in [6.45, 7) is 1.88. The molecule has 2 atom stereocenters. The van der Waals surface area contributed by atoms with Crippen LogP contribution in [0.1, 0.15) is 17.8 Å². The molecule has 4 N–H and O–H groups in total. The minimum Gasteiger partial charge on any atom is -0.326 e. The van der Waals surface area contributed by atoms with Crippen molar-refractivity contribution in [2.24, 2.45) is 11.5 Å². The first-order valence-electron chi connectivity index (χ1n) is 3.37. The molecule has 0 bridgehead atoms. The van der Waals surface area contributed by atoms with Gasteiger partial charge in [0.25, 0.3) is 0 Å². The van der Waals surface area contributed by atoms with Gasteiger partial charge in [0.15, 0.2) is 0 Å². The minimum absolute atomic E-state index is 0.0499. The molecule has 0 aromatic carbocycles. The Morgan fingerprint density at radius 2 is 2.18 bits per heavy atom. The van der Waals surface area contributed by atoms with Gasteiger partial charge in [-0.05, 0) is 18.4 Å². The van der Waals surface area contributed by atoms with Crippen LogP contribution in [0.25, 0.3) is 0 Å². The molecule has 0 fully saturated rings. The van der Waals surface area contributed by atoms with Crippen LogP contribution < -0.4 is 11.5 Å². The summed E-state index contributed by atoms with van der Waals surface area (Å²) in [5.74, 6) is 0. The van der Waals surface area contributed by atoms with Gasteiger partial charge in [-0.2, -0.15) is 0 Å². The van der Waals surface area contributed by atoms with Crippen molar-refractivity contribution in [3.63, 3.8) is 0 Å². The van der Waals surface area contributed by atoms with Crippen LogP contribution in [0.3, 0.4) is 0 Å². The molecule has 0 radical (unpaired) electrons. The van der Waals surface area contributed by atoms with E-state index >= 15 is 0 Å².